The Hall–Kier alpha value is -1.51. The summed E-state index contributed by atoms with van der Waals surface area (Å²) in [5.41, 5.74) is 0.541. The molecule has 0 atom stereocenters. The number of aromatic hydroxyl groups is 1. The van der Waals surface area contributed by atoms with Gasteiger partial charge in [0, 0.05) is 19.2 Å². The van der Waals surface area contributed by atoms with Crippen LogP contribution in [-0.2, 0) is 0 Å². The molecular formula is C13H19NO2. The molecule has 88 valence electrons. The monoisotopic (exact) mass is 221 g/mol. The molecule has 0 aliphatic heterocycles. The van der Waals surface area contributed by atoms with Crippen molar-refractivity contribution in [1.29, 1.82) is 0 Å². The van der Waals surface area contributed by atoms with Crippen molar-refractivity contribution in [3.05, 3.63) is 29.8 Å². The minimum Gasteiger partial charge on any atom is -0.508 e. The number of phenols is 1. The molecule has 1 amide bonds. The first-order chi connectivity index (χ1) is 7.65. The highest BCUT2D eigenvalue weighted by molar-refractivity contribution is 5.94. The topological polar surface area (TPSA) is 40.5 Å². The fourth-order valence-electron chi connectivity index (χ4n) is 1.56. The molecule has 0 spiro atoms. The molecule has 3 heteroatoms. The molecule has 0 aliphatic carbocycles. The quantitative estimate of drug-likeness (QED) is 0.776. The van der Waals surface area contributed by atoms with E-state index in [9.17, 15) is 9.90 Å². The van der Waals surface area contributed by atoms with Crippen LogP contribution in [0.3, 0.4) is 0 Å². The molecule has 0 bridgehead atoms. The summed E-state index contributed by atoms with van der Waals surface area (Å²) in [6.07, 6.45) is 3.31. The van der Waals surface area contributed by atoms with E-state index in [0.717, 1.165) is 25.8 Å². The van der Waals surface area contributed by atoms with Crippen LogP contribution in [-0.4, -0.2) is 29.5 Å². The lowest BCUT2D eigenvalue weighted by atomic mass is 10.2. The van der Waals surface area contributed by atoms with Gasteiger partial charge in [-0.2, -0.15) is 0 Å². The van der Waals surface area contributed by atoms with Gasteiger partial charge >= 0.3 is 0 Å². The molecule has 0 saturated carbocycles. The van der Waals surface area contributed by atoms with Crippen LogP contribution in [0.5, 0.6) is 5.75 Å². The van der Waals surface area contributed by atoms with Gasteiger partial charge in [0.2, 0.25) is 0 Å². The van der Waals surface area contributed by atoms with Gasteiger partial charge in [0.15, 0.2) is 0 Å². The van der Waals surface area contributed by atoms with Crippen LogP contribution < -0.4 is 0 Å². The number of hydrogen-bond donors (Lipinski definition) is 1. The SMILES string of the molecule is CCCCCN(C)C(=O)c1cccc(O)c1. The molecule has 3 nitrogen and oxygen atoms in total. The number of benzene rings is 1. The molecule has 1 rings (SSSR count). The Morgan fingerprint density at radius 3 is 2.75 bits per heavy atom. The van der Waals surface area contributed by atoms with E-state index in [2.05, 4.69) is 6.92 Å². The minimum absolute atomic E-state index is 0.0352. The van der Waals surface area contributed by atoms with Crippen molar-refractivity contribution >= 4 is 5.91 Å². The van der Waals surface area contributed by atoms with E-state index in [1.807, 2.05) is 0 Å². The van der Waals surface area contributed by atoms with Crippen LogP contribution in [0.4, 0.5) is 0 Å². The highest BCUT2D eigenvalue weighted by Crippen LogP contribution is 2.12. The van der Waals surface area contributed by atoms with E-state index in [1.54, 1.807) is 30.1 Å². The number of unbranched alkanes of at least 4 members (excludes halogenated alkanes) is 2. The first-order valence-electron chi connectivity index (χ1n) is 5.69. The molecule has 0 aromatic heterocycles. The van der Waals surface area contributed by atoms with Crippen LogP contribution in [0.15, 0.2) is 24.3 Å². The van der Waals surface area contributed by atoms with Crippen LogP contribution in [0.2, 0.25) is 0 Å². The third kappa shape index (κ3) is 3.57. The fourth-order valence-corrected chi connectivity index (χ4v) is 1.56. The van der Waals surface area contributed by atoms with Gasteiger partial charge in [-0.15, -0.1) is 0 Å². The summed E-state index contributed by atoms with van der Waals surface area (Å²) in [6, 6.07) is 6.47. The summed E-state index contributed by atoms with van der Waals surface area (Å²) < 4.78 is 0. The second kappa shape index (κ2) is 6.16. The second-order valence-corrected chi connectivity index (χ2v) is 3.98. The van der Waals surface area contributed by atoms with Gasteiger partial charge in [-0.1, -0.05) is 25.8 Å². The number of carbonyl (C=O) groups excluding carboxylic acids is 1. The van der Waals surface area contributed by atoms with Crippen LogP contribution in [0, 0.1) is 0 Å². The predicted molar refractivity (Wildman–Crippen MR) is 64.6 cm³/mol. The van der Waals surface area contributed by atoms with E-state index in [4.69, 9.17) is 0 Å². The van der Waals surface area contributed by atoms with Crippen LogP contribution in [0.1, 0.15) is 36.5 Å². The molecule has 0 radical (unpaired) electrons. The van der Waals surface area contributed by atoms with Crippen molar-refractivity contribution < 1.29 is 9.90 Å². The second-order valence-electron chi connectivity index (χ2n) is 3.98. The van der Waals surface area contributed by atoms with E-state index in [1.165, 1.54) is 6.07 Å². The first-order valence-corrected chi connectivity index (χ1v) is 5.69. The zero-order valence-corrected chi connectivity index (χ0v) is 9.94. The summed E-state index contributed by atoms with van der Waals surface area (Å²) >= 11 is 0. The van der Waals surface area contributed by atoms with Crippen molar-refractivity contribution in [1.82, 2.24) is 4.90 Å². The van der Waals surface area contributed by atoms with Crippen molar-refractivity contribution in [2.24, 2.45) is 0 Å². The Kier molecular flexibility index (Phi) is 4.83. The number of carbonyl (C=O) groups is 1. The van der Waals surface area contributed by atoms with E-state index >= 15 is 0 Å². The maximum Gasteiger partial charge on any atom is 0.253 e. The maximum absolute atomic E-state index is 11.9. The third-order valence-electron chi connectivity index (χ3n) is 2.54. The van der Waals surface area contributed by atoms with Gasteiger partial charge in [-0.05, 0) is 24.6 Å². The maximum atomic E-state index is 11.9. The van der Waals surface area contributed by atoms with Crippen molar-refractivity contribution in [3.63, 3.8) is 0 Å². The van der Waals surface area contributed by atoms with Gasteiger partial charge in [-0.25, -0.2) is 0 Å². The summed E-state index contributed by atoms with van der Waals surface area (Å²) in [4.78, 5) is 13.6. The van der Waals surface area contributed by atoms with Gasteiger partial charge in [0.1, 0.15) is 5.75 Å². The zero-order chi connectivity index (χ0) is 12.0. The lowest BCUT2D eigenvalue weighted by molar-refractivity contribution is 0.0792. The lowest BCUT2D eigenvalue weighted by Gasteiger charge is -2.16. The molecular weight excluding hydrogens is 202 g/mol. The molecule has 1 N–H and O–H groups in total. The zero-order valence-electron chi connectivity index (χ0n) is 9.94. The Balaban J connectivity index is 2.56. The number of hydrogen-bond acceptors (Lipinski definition) is 2. The van der Waals surface area contributed by atoms with E-state index < -0.39 is 0 Å². The third-order valence-corrected chi connectivity index (χ3v) is 2.54. The molecule has 0 unspecified atom stereocenters. The lowest BCUT2D eigenvalue weighted by Crippen LogP contribution is -2.27. The summed E-state index contributed by atoms with van der Waals surface area (Å²) in [7, 11) is 1.79. The first kappa shape index (κ1) is 12.6. The number of phenolic OH excluding ortho intramolecular Hbond substituents is 1. The Bertz CT molecular complexity index is 350. The number of amides is 1. The molecule has 1 aromatic carbocycles. The van der Waals surface area contributed by atoms with Crippen molar-refractivity contribution in [3.8, 4) is 5.75 Å². The molecule has 0 aliphatic rings. The van der Waals surface area contributed by atoms with Crippen LogP contribution >= 0.6 is 0 Å². The molecule has 0 fully saturated rings. The van der Waals surface area contributed by atoms with Gasteiger partial charge in [0.05, 0.1) is 0 Å². The highest BCUT2D eigenvalue weighted by Gasteiger charge is 2.11. The summed E-state index contributed by atoms with van der Waals surface area (Å²) in [6.45, 7) is 2.90. The van der Waals surface area contributed by atoms with E-state index in [-0.39, 0.29) is 11.7 Å². The summed E-state index contributed by atoms with van der Waals surface area (Å²) in [5.74, 6) is 0.0970. The van der Waals surface area contributed by atoms with Crippen LogP contribution in [0.25, 0.3) is 0 Å². The standard InChI is InChI=1S/C13H19NO2/c1-3-4-5-9-14(2)13(16)11-7-6-8-12(15)10-11/h6-8,10,15H,3-5,9H2,1-2H3. The van der Waals surface area contributed by atoms with Gasteiger partial charge in [-0.3, -0.25) is 4.79 Å². The highest BCUT2D eigenvalue weighted by atomic mass is 16.3. The number of rotatable bonds is 5. The average Bonchev–Trinajstić information content (AvgIpc) is 2.28. The minimum atomic E-state index is -0.0352. The normalized spacial score (nSPS) is 10.1. The van der Waals surface area contributed by atoms with Crippen molar-refractivity contribution in [2.45, 2.75) is 26.2 Å². The molecule has 16 heavy (non-hydrogen) atoms. The average molecular weight is 221 g/mol. The smallest absolute Gasteiger partial charge is 0.253 e. The van der Waals surface area contributed by atoms with Gasteiger partial charge in [0.25, 0.3) is 5.91 Å². The van der Waals surface area contributed by atoms with E-state index in [0.29, 0.717) is 5.56 Å². The predicted octanol–water partition coefficient (Wildman–Crippen LogP) is 2.65. The molecule has 0 saturated heterocycles. The fraction of sp³-hybridized carbons (Fsp3) is 0.462. The van der Waals surface area contributed by atoms with Gasteiger partial charge < -0.3 is 10.0 Å². The molecule has 1 aromatic rings. The summed E-state index contributed by atoms with van der Waals surface area (Å²) in [5, 5.41) is 9.29. The Morgan fingerprint density at radius 1 is 1.38 bits per heavy atom. The van der Waals surface area contributed by atoms with Crippen molar-refractivity contribution in [2.75, 3.05) is 13.6 Å². The Morgan fingerprint density at radius 2 is 2.12 bits per heavy atom. The number of nitrogens with zero attached hydrogens (tertiary/aromatic N) is 1. The molecule has 0 heterocycles. The largest absolute Gasteiger partial charge is 0.508 e. The Labute approximate surface area is 96.7 Å².